The molecule has 1 aliphatic heterocycles. The third-order valence-electron chi connectivity index (χ3n) is 3.66. The highest BCUT2D eigenvalue weighted by Gasteiger charge is 2.17. The number of hydrogen-bond donors (Lipinski definition) is 2. The summed E-state index contributed by atoms with van der Waals surface area (Å²) in [6.07, 6.45) is 3.97. The van der Waals surface area contributed by atoms with Gasteiger partial charge in [0.2, 0.25) is 10.0 Å². The van der Waals surface area contributed by atoms with E-state index in [-0.39, 0.29) is 5.75 Å². The Balaban J connectivity index is 2.05. The molecule has 0 aromatic heterocycles. The standard InChI is InChI=1S/C14H30N2O3S/c1-13(2)5-10-19-11-9-16-20(17,18)12-6-14-3-7-15-8-4-14/h13-16H,3-12H2,1-2H3. The molecule has 6 heteroatoms. The minimum absolute atomic E-state index is 0.240. The maximum Gasteiger partial charge on any atom is 0.211 e. The van der Waals surface area contributed by atoms with Crippen molar-refractivity contribution in [1.29, 1.82) is 0 Å². The van der Waals surface area contributed by atoms with E-state index in [1.807, 2.05) is 0 Å². The van der Waals surface area contributed by atoms with Gasteiger partial charge in [-0.2, -0.15) is 0 Å². The Morgan fingerprint density at radius 3 is 2.60 bits per heavy atom. The van der Waals surface area contributed by atoms with Crippen LogP contribution < -0.4 is 10.0 Å². The highest BCUT2D eigenvalue weighted by molar-refractivity contribution is 7.89. The van der Waals surface area contributed by atoms with E-state index in [2.05, 4.69) is 23.9 Å². The van der Waals surface area contributed by atoms with E-state index in [9.17, 15) is 8.42 Å². The van der Waals surface area contributed by atoms with Crippen molar-refractivity contribution in [2.75, 3.05) is 38.6 Å². The van der Waals surface area contributed by atoms with Gasteiger partial charge in [-0.3, -0.25) is 0 Å². The van der Waals surface area contributed by atoms with Crippen LogP contribution in [0.5, 0.6) is 0 Å². The molecule has 1 heterocycles. The molecule has 1 rings (SSSR count). The Bertz CT molecular complexity index is 338. The number of rotatable bonds is 10. The monoisotopic (exact) mass is 306 g/mol. The normalized spacial score (nSPS) is 17.8. The zero-order valence-electron chi connectivity index (χ0n) is 12.9. The lowest BCUT2D eigenvalue weighted by molar-refractivity contribution is 0.128. The molecule has 0 unspecified atom stereocenters. The van der Waals surface area contributed by atoms with Crippen LogP contribution in [0.3, 0.4) is 0 Å². The Labute approximate surface area is 123 Å². The van der Waals surface area contributed by atoms with Gasteiger partial charge in [0.25, 0.3) is 0 Å². The summed E-state index contributed by atoms with van der Waals surface area (Å²) in [5, 5.41) is 3.29. The van der Waals surface area contributed by atoms with Crippen molar-refractivity contribution in [2.24, 2.45) is 11.8 Å². The summed E-state index contributed by atoms with van der Waals surface area (Å²) < 4.78 is 31.7. The third-order valence-corrected chi connectivity index (χ3v) is 5.08. The van der Waals surface area contributed by atoms with Crippen LogP contribution in [0.4, 0.5) is 0 Å². The van der Waals surface area contributed by atoms with Crippen LogP contribution in [0.2, 0.25) is 0 Å². The molecule has 0 aromatic carbocycles. The average molecular weight is 306 g/mol. The summed E-state index contributed by atoms with van der Waals surface area (Å²) in [6.45, 7) is 7.86. The van der Waals surface area contributed by atoms with Crippen LogP contribution in [-0.4, -0.2) is 47.0 Å². The summed E-state index contributed by atoms with van der Waals surface area (Å²) in [5.41, 5.74) is 0. The minimum Gasteiger partial charge on any atom is -0.380 e. The molecule has 0 atom stereocenters. The van der Waals surface area contributed by atoms with Crippen LogP contribution in [-0.2, 0) is 14.8 Å². The number of ether oxygens (including phenoxy) is 1. The molecule has 2 N–H and O–H groups in total. The zero-order valence-corrected chi connectivity index (χ0v) is 13.7. The first-order chi connectivity index (χ1) is 9.49. The Morgan fingerprint density at radius 2 is 1.95 bits per heavy atom. The summed E-state index contributed by atoms with van der Waals surface area (Å²) in [5.74, 6) is 1.41. The second-order valence-corrected chi connectivity index (χ2v) is 7.92. The van der Waals surface area contributed by atoms with E-state index < -0.39 is 10.0 Å². The largest absolute Gasteiger partial charge is 0.380 e. The molecule has 0 aromatic rings. The van der Waals surface area contributed by atoms with Crippen molar-refractivity contribution < 1.29 is 13.2 Å². The van der Waals surface area contributed by atoms with E-state index in [0.717, 1.165) is 38.8 Å². The SMILES string of the molecule is CC(C)CCOCCNS(=O)(=O)CCC1CCNCC1. The van der Waals surface area contributed by atoms with Gasteiger partial charge in [0.05, 0.1) is 12.4 Å². The fraction of sp³-hybridized carbons (Fsp3) is 1.00. The molecule has 0 amide bonds. The molecule has 20 heavy (non-hydrogen) atoms. The topological polar surface area (TPSA) is 67.4 Å². The van der Waals surface area contributed by atoms with Gasteiger partial charge in [0.15, 0.2) is 0 Å². The molecule has 0 spiro atoms. The van der Waals surface area contributed by atoms with Crippen LogP contribution in [0, 0.1) is 11.8 Å². The van der Waals surface area contributed by atoms with Gasteiger partial charge in [-0.05, 0) is 50.6 Å². The van der Waals surface area contributed by atoms with Crippen molar-refractivity contribution >= 4 is 10.0 Å². The second-order valence-electron chi connectivity index (χ2n) is 5.99. The molecule has 0 saturated carbocycles. The van der Waals surface area contributed by atoms with Gasteiger partial charge in [-0.25, -0.2) is 13.1 Å². The lowest BCUT2D eigenvalue weighted by Crippen LogP contribution is -2.33. The maximum atomic E-state index is 11.8. The van der Waals surface area contributed by atoms with E-state index in [4.69, 9.17) is 4.74 Å². The first-order valence-corrected chi connectivity index (χ1v) is 9.40. The lowest BCUT2D eigenvalue weighted by atomic mass is 9.96. The Hall–Kier alpha value is -0.170. The van der Waals surface area contributed by atoms with Gasteiger partial charge in [0.1, 0.15) is 0 Å². The van der Waals surface area contributed by atoms with Crippen LogP contribution >= 0.6 is 0 Å². The number of hydrogen-bond acceptors (Lipinski definition) is 4. The van der Waals surface area contributed by atoms with E-state index in [0.29, 0.717) is 31.6 Å². The second kappa shape index (κ2) is 9.71. The van der Waals surface area contributed by atoms with Crippen LogP contribution in [0.15, 0.2) is 0 Å². The lowest BCUT2D eigenvalue weighted by Gasteiger charge is -2.22. The van der Waals surface area contributed by atoms with Gasteiger partial charge in [-0.15, -0.1) is 0 Å². The first-order valence-electron chi connectivity index (χ1n) is 7.75. The van der Waals surface area contributed by atoms with Gasteiger partial charge in [-0.1, -0.05) is 13.8 Å². The van der Waals surface area contributed by atoms with Crippen molar-refractivity contribution in [3.8, 4) is 0 Å². The van der Waals surface area contributed by atoms with E-state index in [1.54, 1.807) is 0 Å². The van der Waals surface area contributed by atoms with Crippen molar-refractivity contribution in [1.82, 2.24) is 10.0 Å². The molecule has 1 fully saturated rings. The third kappa shape index (κ3) is 8.89. The van der Waals surface area contributed by atoms with Crippen LogP contribution in [0.1, 0.15) is 39.5 Å². The minimum atomic E-state index is -3.13. The van der Waals surface area contributed by atoms with Gasteiger partial charge < -0.3 is 10.1 Å². The molecule has 120 valence electrons. The summed E-state index contributed by atoms with van der Waals surface area (Å²) in [6, 6.07) is 0. The summed E-state index contributed by atoms with van der Waals surface area (Å²) in [4.78, 5) is 0. The average Bonchev–Trinajstić information content (AvgIpc) is 2.41. The number of piperidine rings is 1. The number of nitrogens with one attached hydrogen (secondary N) is 2. The highest BCUT2D eigenvalue weighted by atomic mass is 32.2. The fourth-order valence-corrected chi connectivity index (χ4v) is 3.44. The molecule has 1 aliphatic rings. The predicted molar refractivity (Wildman–Crippen MR) is 82.3 cm³/mol. The van der Waals surface area contributed by atoms with Crippen molar-refractivity contribution in [3.63, 3.8) is 0 Å². The summed E-state index contributed by atoms with van der Waals surface area (Å²) >= 11 is 0. The molecule has 5 nitrogen and oxygen atoms in total. The molecule has 0 bridgehead atoms. The molecule has 0 aliphatic carbocycles. The quantitative estimate of drug-likeness (QED) is 0.598. The summed E-state index contributed by atoms with van der Waals surface area (Å²) in [7, 11) is -3.13. The fourth-order valence-electron chi connectivity index (χ4n) is 2.25. The molecule has 0 radical (unpaired) electrons. The van der Waals surface area contributed by atoms with Gasteiger partial charge >= 0.3 is 0 Å². The maximum absolute atomic E-state index is 11.8. The van der Waals surface area contributed by atoms with Crippen molar-refractivity contribution in [2.45, 2.75) is 39.5 Å². The number of sulfonamides is 1. The van der Waals surface area contributed by atoms with Crippen molar-refractivity contribution in [3.05, 3.63) is 0 Å². The van der Waals surface area contributed by atoms with E-state index in [1.165, 1.54) is 0 Å². The Morgan fingerprint density at radius 1 is 1.25 bits per heavy atom. The predicted octanol–water partition coefficient (Wildman–Crippen LogP) is 1.36. The zero-order chi connectivity index (χ0) is 14.8. The molecule has 1 saturated heterocycles. The molecular weight excluding hydrogens is 276 g/mol. The smallest absolute Gasteiger partial charge is 0.211 e. The van der Waals surface area contributed by atoms with E-state index >= 15 is 0 Å². The van der Waals surface area contributed by atoms with Crippen LogP contribution in [0.25, 0.3) is 0 Å². The van der Waals surface area contributed by atoms with Gasteiger partial charge in [0, 0.05) is 13.2 Å². The Kier molecular flexibility index (Phi) is 8.68. The highest BCUT2D eigenvalue weighted by Crippen LogP contribution is 2.16. The first kappa shape index (κ1) is 17.9. The molecular formula is C14H30N2O3S.